The van der Waals surface area contributed by atoms with Crippen molar-refractivity contribution in [2.24, 2.45) is 5.73 Å². The molecular weight excluding hydrogens is 376 g/mol. The first-order valence-electron chi connectivity index (χ1n) is 8.76. The SMILES string of the molecule is Cc1ccc(S(=O)(=O)n2cc(C=CC(N)=O)c3cc(NC(C)C)cnc32)cc1. The van der Waals surface area contributed by atoms with E-state index in [2.05, 4.69) is 10.3 Å². The molecule has 0 fully saturated rings. The summed E-state index contributed by atoms with van der Waals surface area (Å²) in [6, 6.07) is 8.59. The number of fused-ring (bicyclic) bond motifs is 1. The summed E-state index contributed by atoms with van der Waals surface area (Å²) in [5.41, 5.74) is 7.72. The van der Waals surface area contributed by atoms with E-state index in [1.807, 2.05) is 26.8 Å². The number of hydrogen-bond acceptors (Lipinski definition) is 5. The van der Waals surface area contributed by atoms with E-state index in [1.54, 1.807) is 30.5 Å². The molecule has 146 valence electrons. The van der Waals surface area contributed by atoms with Gasteiger partial charge in [0.15, 0.2) is 5.65 Å². The van der Waals surface area contributed by atoms with Gasteiger partial charge in [0.25, 0.3) is 10.0 Å². The van der Waals surface area contributed by atoms with Gasteiger partial charge in [-0.05, 0) is 45.0 Å². The molecule has 0 radical (unpaired) electrons. The fraction of sp³-hybridized carbons (Fsp3) is 0.200. The Morgan fingerprint density at radius 1 is 1.25 bits per heavy atom. The summed E-state index contributed by atoms with van der Waals surface area (Å²) in [4.78, 5) is 15.7. The Balaban J connectivity index is 2.22. The van der Waals surface area contributed by atoms with E-state index in [4.69, 9.17) is 5.73 Å². The molecule has 28 heavy (non-hydrogen) atoms. The maximum Gasteiger partial charge on any atom is 0.269 e. The molecule has 0 unspecified atom stereocenters. The van der Waals surface area contributed by atoms with Crippen molar-refractivity contribution >= 4 is 38.7 Å². The molecule has 7 nitrogen and oxygen atoms in total. The number of aryl methyl sites for hydroxylation is 1. The number of aromatic nitrogens is 2. The zero-order chi connectivity index (χ0) is 20.5. The average molecular weight is 398 g/mol. The molecule has 3 N–H and O–H groups in total. The van der Waals surface area contributed by atoms with Crippen LogP contribution >= 0.6 is 0 Å². The molecule has 3 rings (SSSR count). The number of rotatable bonds is 6. The molecule has 8 heteroatoms. The van der Waals surface area contributed by atoms with E-state index >= 15 is 0 Å². The van der Waals surface area contributed by atoms with Gasteiger partial charge in [-0.2, -0.15) is 0 Å². The Labute approximate surface area is 163 Å². The van der Waals surface area contributed by atoms with Crippen LogP contribution in [-0.2, 0) is 14.8 Å². The van der Waals surface area contributed by atoms with Crippen molar-refractivity contribution in [2.45, 2.75) is 31.7 Å². The van der Waals surface area contributed by atoms with Gasteiger partial charge in [-0.3, -0.25) is 4.79 Å². The largest absolute Gasteiger partial charge is 0.382 e. The summed E-state index contributed by atoms with van der Waals surface area (Å²) in [5, 5.41) is 3.83. The van der Waals surface area contributed by atoms with Crippen molar-refractivity contribution in [2.75, 3.05) is 5.32 Å². The average Bonchev–Trinajstić information content (AvgIpc) is 2.98. The third-order valence-corrected chi connectivity index (χ3v) is 5.77. The predicted octanol–water partition coefficient (Wildman–Crippen LogP) is 2.90. The predicted molar refractivity (Wildman–Crippen MR) is 110 cm³/mol. The second kappa shape index (κ2) is 7.47. The van der Waals surface area contributed by atoms with E-state index in [-0.39, 0.29) is 16.6 Å². The van der Waals surface area contributed by atoms with Gasteiger partial charge in [0.05, 0.1) is 16.8 Å². The topological polar surface area (TPSA) is 107 Å². The van der Waals surface area contributed by atoms with Crippen LogP contribution in [0.25, 0.3) is 17.1 Å². The Morgan fingerprint density at radius 2 is 1.93 bits per heavy atom. The fourth-order valence-electron chi connectivity index (χ4n) is 2.83. The number of nitrogens with two attached hydrogens (primary N) is 1. The molecule has 0 aliphatic heterocycles. The summed E-state index contributed by atoms with van der Waals surface area (Å²) in [6.45, 7) is 5.87. The van der Waals surface area contributed by atoms with Crippen LogP contribution < -0.4 is 11.1 Å². The number of pyridine rings is 1. The van der Waals surface area contributed by atoms with Crippen LogP contribution in [-0.4, -0.2) is 29.3 Å². The quantitative estimate of drug-likeness (QED) is 0.621. The molecule has 3 aromatic rings. The number of amides is 1. The van der Waals surface area contributed by atoms with Crippen molar-refractivity contribution < 1.29 is 13.2 Å². The van der Waals surface area contributed by atoms with E-state index in [0.29, 0.717) is 10.9 Å². The third kappa shape index (κ3) is 3.91. The first-order chi connectivity index (χ1) is 13.2. The van der Waals surface area contributed by atoms with E-state index < -0.39 is 15.9 Å². The van der Waals surface area contributed by atoms with Gasteiger partial charge in [0, 0.05) is 29.3 Å². The van der Waals surface area contributed by atoms with Crippen LogP contribution in [0.15, 0.2) is 53.7 Å². The number of carbonyl (C=O) groups is 1. The van der Waals surface area contributed by atoms with Gasteiger partial charge in [-0.1, -0.05) is 17.7 Å². The smallest absolute Gasteiger partial charge is 0.269 e. The van der Waals surface area contributed by atoms with Crippen molar-refractivity contribution in [1.29, 1.82) is 0 Å². The van der Waals surface area contributed by atoms with E-state index in [9.17, 15) is 13.2 Å². The summed E-state index contributed by atoms with van der Waals surface area (Å²) in [6.07, 6.45) is 5.73. The Kier molecular flexibility index (Phi) is 5.24. The van der Waals surface area contributed by atoms with Crippen molar-refractivity contribution in [3.8, 4) is 0 Å². The molecule has 2 heterocycles. The molecule has 1 aromatic carbocycles. The van der Waals surface area contributed by atoms with Crippen molar-refractivity contribution in [1.82, 2.24) is 8.96 Å². The van der Waals surface area contributed by atoms with Gasteiger partial charge in [0.1, 0.15) is 0 Å². The lowest BCUT2D eigenvalue weighted by molar-refractivity contribution is -0.113. The van der Waals surface area contributed by atoms with Gasteiger partial charge in [-0.15, -0.1) is 0 Å². The second-order valence-electron chi connectivity index (χ2n) is 6.83. The monoisotopic (exact) mass is 398 g/mol. The molecule has 2 aromatic heterocycles. The fourth-order valence-corrected chi connectivity index (χ4v) is 4.16. The lowest BCUT2D eigenvalue weighted by atomic mass is 10.2. The van der Waals surface area contributed by atoms with Gasteiger partial charge < -0.3 is 11.1 Å². The third-order valence-electron chi connectivity index (χ3n) is 4.10. The Bertz CT molecular complexity index is 1160. The number of benzene rings is 1. The van der Waals surface area contributed by atoms with Crippen LogP contribution in [0.2, 0.25) is 0 Å². The molecule has 0 spiro atoms. The molecule has 0 aliphatic carbocycles. The number of anilines is 1. The number of carbonyl (C=O) groups excluding carboxylic acids is 1. The van der Waals surface area contributed by atoms with E-state index in [1.165, 1.54) is 18.3 Å². The molecule has 0 saturated heterocycles. The summed E-state index contributed by atoms with van der Waals surface area (Å²) < 4.78 is 27.5. The highest BCUT2D eigenvalue weighted by molar-refractivity contribution is 7.90. The zero-order valence-electron chi connectivity index (χ0n) is 15.9. The molecular formula is C20H22N4O3S. The standard InChI is InChI=1S/C20H22N4O3S/c1-13(2)23-16-10-18-15(6-9-19(21)25)12-24(20(18)22-11-16)28(26,27)17-7-4-14(3)5-8-17/h4-13,23H,1-3H3,(H2,21,25). The van der Waals surface area contributed by atoms with Gasteiger partial charge in [0.2, 0.25) is 5.91 Å². The number of nitrogens with one attached hydrogen (secondary N) is 1. The van der Waals surface area contributed by atoms with Crippen LogP contribution in [0.1, 0.15) is 25.0 Å². The maximum atomic E-state index is 13.2. The minimum absolute atomic E-state index is 0.159. The summed E-state index contributed by atoms with van der Waals surface area (Å²) >= 11 is 0. The van der Waals surface area contributed by atoms with Crippen LogP contribution in [0.4, 0.5) is 5.69 Å². The van der Waals surface area contributed by atoms with Gasteiger partial charge in [-0.25, -0.2) is 17.4 Å². The number of primary amides is 1. The molecule has 0 bridgehead atoms. The molecule has 0 atom stereocenters. The van der Waals surface area contributed by atoms with Crippen LogP contribution in [0.3, 0.4) is 0 Å². The zero-order valence-corrected chi connectivity index (χ0v) is 16.7. The highest BCUT2D eigenvalue weighted by Gasteiger charge is 2.22. The summed E-state index contributed by atoms with van der Waals surface area (Å²) in [5.74, 6) is -0.619. The lowest BCUT2D eigenvalue weighted by Crippen LogP contribution is -2.13. The van der Waals surface area contributed by atoms with E-state index in [0.717, 1.165) is 15.2 Å². The van der Waals surface area contributed by atoms with Gasteiger partial charge >= 0.3 is 0 Å². The highest BCUT2D eigenvalue weighted by atomic mass is 32.2. The molecule has 0 saturated carbocycles. The minimum Gasteiger partial charge on any atom is -0.382 e. The summed E-state index contributed by atoms with van der Waals surface area (Å²) in [7, 11) is -3.85. The number of hydrogen-bond donors (Lipinski definition) is 2. The number of nitrogens with zero attached hydrogens (tertiary/aromatic N) is 2. The highest BCUT2D eigenvalue weighted by Crippen LogP contribution is 2.28. The van der Waals surface area contributed by atoms with Crippen LogP contribution in [0.5, 0.6) is 0 Å². The molecule has 0 aliphatic rings. The first-order valence-corrected chi connectivity index (χ1v) is 10.2. The van der Waals surface area contributed by atoms with Crippen molar-refractivity contribution in [3.05, 3.63) is 59.9 Å². The Hall–Kier alpha value is -3.13. The van der Waals surface area contributed by atoms with Crippen LogP contribution in [0, 0.1) is 6.92 Å². The lowest BCUT2D eigenvalue weighted by Gasteiger charge is -2.10. The second-order valence-corrected chi connectivity index (χ2v) is 8.64. The first kappa shape index (κ1) is 19.6. The maximum absolute atomic E-state index is 13.2. The Morgan fingerprint density at radius 3 is 2.54 bits per heavy atom. The van der Waals surface area contributed by atoms with Crippen molar-refractivity contribution in [3.63, 3.8) is 0 Å². The molecule has 1 amide bonds. The normalized spacial score (nSPS) is 12.1. The minimum atomic E-state index is -3.85.